The number of rotatable bonds is 6. The third-order valence-corrected chi connectivity index (χ3v) is 2.84. The monoisotopic (exact) mass is 267 g/mol. The van der Waals surface area contributed by atoms with E-state index in [0.29, 0.717) is 11.4 Å². The van der Waals surface area contributed by atoms with Crippen molar-refractivity contribution in [3.8, 4) is 0 Å². The fourth-order valence-electron chi connectivity index (χ4n) is 1.55. The topological polar surface area (TPSA) is 102 Å². The molecule has 0 aliphatic heterocycles. The number of carbonyl (C=O) groups excluding carboxylic acids is 2. The third kappa shape index (κ3) is 4.27. The molecule has 0 aromatic carbocycles. The van der Waals surface area contributed by atoms with E-state index in [0.717, 1.165) is 6.42 Å². The summed E-state index contributed by atoms with van der Waals surface area (Å²) in [6.07, 6.45) is 2.54. The lowest BCUT2D eigenvalue weighted by Crippen LogP contribution is -2.35. The quantitative estimate of drug-likeness (QED) is 0.677. The molecule has 1 heterocycles. The fraction of sp³-hybridized carbons (Fsp3) is 0.583. The predicted molar refractivity (Wildman–Crippen MR) is 72.5 cm³/mol. The maximum Gasteiger partial charge on any atom is 0.271 e. The van der Waals surface area contributed by atoms with E-state index in [1.807, 2.05) is 13.8 Å². The smallest absolute Gasteiger partial charge is 0.271 e. The first-order valence-electron chi connectivity index (χ1n) is 6.30. The van der Waals surface area contributed by atoms with Crippen LogP contribution in [0.3, 0.4) is 0 Å². The van der Waals surface area contributed by atoms with E-state index < -0.39 is 0 Å². The average Bonchev–Trinajstić information content (AvgIpc) is 2.68. The summed E-state index contributed by atoms with van der Waals surface area (Å²) in [6, 6.07) is 0.149. The summed E-state index contributed by atoms with van der Waals surface area (Å²) in [5.41, 5.74) is 6.27. The summed E-state index contributed by atoms with van der Waals surface area (Å²) < 4.78 is 1.41. The molecule has 0 radical (unpaired) electrons. The first-order valence-corrected chi connectivity index (χ1v) is 6.30. The highest BCUT2D eigenvalue weighted by Crippen LogP contribution is 2.08. The van der Waals surface area contributed by atoms with E-state index in [-0.39, 0.29) is 30.8 Å². The molecule has 1 rings (SSSR count). The highest BCUT2D eigenvalue weighted by Gasteiger charge is 2.14. The van der Waals surface area contributed by atoms with Crippen molar-refractivity contribution in [2.45, 2.75) is 32.7 Å². The van der Waals surface area contributed by atoms with Gasteiger partial charge < -0.3 is 16.4 Å². The van der Waals surface area contributed by atoms with Gasteiger partial charge in [0.2, 0.25) is 5.91 Å². The summed E-state index contributed by atoms with van der Waals surface area (Å²) in [5.74, 6) is -0.401. The molecule has 1 aromatic heterocycles. The highest BCUT2D eigenvalue weighted by atomic mass is 16.2. The normalized spacial score (nSPS) is 11.9. The molecule has 0 aliphatic rings. The lowest BCUT2D eigenvalue weighted by atomic mass is 10.2. The predicted octanol–water partition coefficient (Wildman–Crippen LogP) is 0.0369. The van der Waals surface area contributed by atoms with Gasteiger partial charge in [-0.2, -0.15) is 5.10 Å². The number of aryl methyl sites for hydroxylation is 1. The molecular weight excluding hydrogens is 246 g/mol. The fourth-order valence-corrected chi connectivity index (χ4v) is 1.55. The van der Waals surface area contributed by atoms with Crippen LogP contribution in [-0.2, 0) is 11.8 Å². The Labute approximate surface area is 112 Å². The molecule has 4 N–H and O–H groups in total. The number of carbonyl (C=O) groups is 2. The minimum Gasteiger partial charge on any atom is -0.396 e. The maximum absolute atomic E-state index is 11.8. The first kappa shape index (κ1) is 15.0. The zero-order valence-electron chi connectivity index (χ0n) is 11.6. The molecule has 2 amide bonds. The number of hydrogen-bond donors (Lipinski definition) is 3. The van der Waals surface area contributed by atoms with Crippen LogP contribution in [0, 0.1) is 0 Å². The number of aromatic nitrogens is 2. The van der Waals surface area contributed by atoms with Crippen LogP contribution in [0.2, 0.25) is 0 Å². The van der Waals surface area contributed by atoms with Crippen LogP contribution in [-0.4, -0.2) is 34.2 Å². The lowest BCUT2D eigenvalue weighted by molar-refractivity contribution is -0.121. The second kappa shape index (κ2) is 6.77. The Morgan fingerprint density at radius 2 is 2.21 bits per heavy atom. The number of hydrogen-bond acceptors (Lipinski definition) is 4. The Balaban J connectivity index is 2.38. The van der Waals surface area contributed by atoms with Gasteiger partial charge in [0.15, 0.2) is 0 Å². The Kier molecular flexibility index (Phi) is 5.35. The summed E-state index contributed by atoms with van der Waals surface area (Å²) in [5, 5.41) is 9.36. The summed E-state index contributed by atoms with van der Waals surface area (Å²) in [7, 11) is 1.64. The van der Waals surface area contributed by atoms with Crippen molar-refractivity contribution in [1.82, 2.24) is 20.4 Å². The molecule has 0 spiro atoms. The van der Waals surface area contributed by atoms with Crippen molar-refractivity contribution in [2.24, 2.45) is 7.05 Å². The number of nitrogen functional groups attached to an aromatic ring is 1. The van der Waals surface area contributed by atoms with Gasteiger partial charge in [0.05, 0.1) is 11.9 Å². The number of nitrogens with two attached hydrogens (primary N) is 1. The van der Waals surface area contributed by atoms with E-state index >= 15 is 0 Å². The molecule has 0 saturated carbocycles. The van der Waals surface area contributed by atoms with Gasteiger partial charge in [-0.05, 0) is 13.3 Å². The van der Waals surface area contributed by atoms with Crippen LogP contribution >= 0.6 is 0 Å². The summed E-state index contributed by atoms with van der Waals surface area (Å²) in [4.78, 5) is 23.3. The van der Waals surface area contributed by atoms with Crippen LogP contribution < -0.4 is 16.4 Å². The van der Waals surface area contributed by atoms with Gasteiger partial charge in [0, 0.05) is 26.1 Å². The van der Waals surface area contributed by atoms with Crippen LogP contribution in [0.4, 0.5) is 5.69 Å². The molecule has 0 fully saturated rings. The van der Waals surface area contributed by atoms with E-state index in [1.54, 1.807) is 7.05 Å². The van der Waals surface area contributed by atoms with E-state index in [2.05, 4.69) is 15.7 Å². The summed E-state index contributed by atoms with van der Waals surface area (Å²) in [6.45, 7) is 4.20. The number of anilines is 1. The molecule has 106 valence electrons. The second-order valence-corrected chi connectivity index (χ2v) is 4.45. The Hall–Kier alpha value is -2.05. The first-order chi connectivity index (χ1) is 8.95. The van der Waals surface area contributed by atoms with E-state index in [1.165, 1.54) is 10.9 Å². The second-order valence-electron chi connectivity index (χ2n) is 4.45. The standard InChI is InChI=1S/C12H21N5O2/c1-4-8(2)16-10(18)5-6-14-12(19)11-9(13)7-15-17(11)3/h7-8H,4-6,13H2,1-3H3,(H,14,19)(H,16,18). The third-order valence-electron chi connectivity index (χ3n) is 2.84. The van der Waals surface area contributed by atoms with Gasteiger partial charge in [-0.15, -0.1) is 0 Å². The molecule has 7 nitrogen and oxygen atoms in total. The van der Waals surface area contributed by atoms with Crippen LogP contribution in [0.5, 0.6) is 0 Å². The van der Waals surface area contributed by atoms with Crippen LogP contribution in [0.15, 0.2) is 6.20 Å². The van der Waals surface area contributed by atoms with Crippen molar-refractivity contribution >= 4 is 17.5 Å². The molecule has 0 saturated heterocycles. The Morgan fingerprint density at radius 3 is 2.74 bits per heavy atom. The van der Waals surface area contributed by atoms with Crippen LogP contribution in [0.1, 0.15) is 37.2 Å². The van der Waals surface area contributed by atoms with Crippen molar-refractivity contribution in [3.63, 3.8) is 0 Å². The zero-order valence-corrected chi connectivity index (χ0v) is 11.6. The SMILES string of the molecule is CCC(C)NC(=O)CCNC(=O)c1c(N)cnn1C. The molecule has 0 bridgehead atoms. The molecule has 1 unspecified atom stereocenters. The maximum atomic E-state index is 11.8. The highest BCUT2D eigenvalue weighted by molar-refractivity contribution is 5.97. The van der Waals surface area contributed by atoms with Gasteiger partial charge >= 0.3 is 0 Å². The van der Waals surface area contributed by atoms with Gasteiger partial charge in [0.1, 0.15) is 5.69 Å². The van der Waals surface area contributed by atoms with Crippen molar-refractivity contribution in [2.75, 3.05) is 12.3 Å². The van der Waals surface area contributed by atoms with Crippen LogP contribution in [0.25, 0.3) is 0 Å². The summed E-state index contributed by atoms with van der Waals surface area (Å²) >= 11 is 0. The van der Waals surface area contributed by atoms with Gasteiger partial charge in [-0.3, -0.25) is 14.3 Å². The average molecular weight is 267 g/mol. The van der Waals surface area contributed by atoms with E-state index in [9.17, 15) is 9.59 Å². The molecule has 0 aliphatic carbocycles. The Bertz CT molecular complexity index is 435. The minimum atomic E-state index is -0.325. The number of nitrogens with one attached hydrogen (secondary N) is 2. The number of amides is 2. The molecule has 19 heavy (non-hydrogen) atoms. The van der Waals surface area contributed by atoms with Crippen molar-refractivity contribution < 1.29 is 9.59 Å². The van der Waals surface area contributed by atoms with Crippen molar-refractivity contribution in [3.05, 3.63) is 11.9 Å². The molecule has 7 heteroatoms. The molecule has 1 aromatic rings. The molecule has 1 atom stereocenters. The Morgan fingerprint density at radius 1 is 1.53 bits per heavy atom. The van der Waals surface area contributed by atoms with E-state index in [4.69, 9.17) is 5.73 Å². The van der Waals surface area contributed by atoms with Gasteiger partial charge in [-0.1, -0.05) is 6.92 Å². The lowest BCUT2D eigenvalue weighted by Gasteiger charge is -2.11. The van der Waals surface area contributed by atoms with Gasteiger partial charge in [-0.25, -0.2) is 0 Å². The molecular formula is C12H21N5O2. The van der Waals surface area contributed by atoms with Gasteiger partial charge in [0.25, 0.3) is 5.91 Å². The minimum absolute atomic E-state index is 0.0763. The zero-order chi connectivity index (χ0) is 14.4. The van der Waals surface area contributed by atoms with Crippen molar-refractivity contribution in [1.29, 1.82) is 0 Å². The largest absolute Gasteiger partial charge is 0.396 e. The number of nitrogens with zero attached hydrogens (tertiary/aromatic N) is 2.